The maximum atomic E-state index is 12.9. The smallest absolute Gasteiger partial charge is 0.374 e. The fourth-order valence-corrected chi connectivity index (χ4v) is 1.65. The summed E-state index contributed by atoms with van der Waals surface area (Å²) in [6, 6.07) is 4.71. The zero-order valence-corrected chi connectivity index (χ0v) is 8.37. The van der Waals surface area contributed by atoms with Crippen LogP contribution in [0.5, 0.6) is 5.75 Å². The van der Waals surface area contributed by atoms with Gasteiger partial charge in [-0.25, -0.2) is 4.79 Å². The number of benzene rings is 1. The van der Waals surface area contributed by atoms with E-state index in [0.29, 0.717) is 12.4 Å². The molecule has 0 saturated carbocycles. The summed E-state index contributed by atoms with van der Waals surface area (Å²) >= 11 is 0. The van der Waals surface area contributed by atoms with Gasteiger partial charge in [0.15, 0.2) is 0 Å². The second kappa shape index (κ2) is 3.73. The molecule has 2 rings (SSSR count). The Labute approximate surface area is 90.7 Å². The summed E-state index contributed by atoms with van der Waals surface area (Å²) in [6.07, 6.45) is -0.0378. The molecule has 16 heavy (non-hydrogen) atoms. The molecule has 0 unspecified atom stereocenters. The van der Waals surface area contributed by atoms with E-state index in [9.17, 15) is 13.6 Å². The van der Waals surface area contributed by atoms with Crippen molar-refractivity contribution >= 4 is 5.97 Å². The molecule has 1 aromatic rings. The molecule has 1 heterocycles. The number of aliphatic carboxylic acids is 1. The van der Waals surface area contributed by atoms with Crippen LogP contribution in [0.2, 0.25) is 0 Å². The average molecular weight is 228 g/mol. The van der Waals surface area contributed by atoms with Crippen molar-refractivity contribution in [2.45, 2.75) is 18.8 Å². The fraction of sp³-hybridized carbons (Fsp3) is 0.364. The zero-order valence-electron chi connectivity index (χ0n) is 8.37. The van der Waals surface area contributed by atoms with Gasteiger partial charge in [-0.15, -0.1) is 0 Å². The Morgan fingerprint density at radius 3 is 2.94 bits per heavy atom. The second-order valence-electron chi connectivity index (χ2n) is 3.73. The first-order valence-electron chi connectivity index (χ1n) is 4.85. The summed E-state index contributed by atoms with van der Waals surface area (Å²) < 4.78 is 31.1. The summed E-state index contributed by atoms with van der Waals surface area (Å²) in [5.41, 5.74) is 1.25. The number of hydrogen-bond acceptors (Lipinski definition) is 2. The van der Waals surface area contributed by atoms with Gasteiger partial charge in [-0.3, -0.25) is 0 Å². The third kappa shape index (κ3) is 1.98. The van der Waals surface area contributed by atoms with Gasteiger partial charge < -0.3 is 9.84 Å². The highest BCUT2D eigenvalue weighted by atomic mass is 19.3. The molecule has 0 bridgehead atoms. The first-order chi connectivity index (χ1) is 7.49. The predicted octanol–water partition coefficient (Wildman–Crippen LogP) is 1.88. The number of carbonyl (C=O) groups is 1. The SMILES string of the molecule is O=C(O)C(F)(F)Cc1ccc2c(c1)OCC2. The van der Waals surface area contributed by atoms with Crippen molar-refractivity contribution < 1.29 is 23.4 Å². The quantitative estimate of drug-likeness (QED) is 0.859. The topological polar surface area (TPSA) is 46.5 Å². The highest BCUT2D eigenvalue weighted by Crippen LogP contribution is 2.29. The maximum absolute atomic E-state index is 12.9. The highest BCUT2D eigenvalue weighted by Gasteiger charge is 2.38. The Balaban J connectivity index is 2.20. The molecule has 1 aromatic carbocycles. The maximum Gasteiger partial charge on any atom is 0.374 e. The van der Waals surface area contributed by atoms with E-state index in [1.54, 1.807) is 6.07 Å². The van der Waals surface area contributed by atoms with E-state index in [2.05, 4.69) is 0 Å². The molecule has 5 heteroatoms. The lowest BCUT2D eigenvalue weighted by Gasteiger charge is -2.11. The monoisotopic (exact) mass is 228 g/mol. The highest BCUT2D eigenvalue weighted by molar-refractivity contribution is 5.75. The van der Waals surface area contributed by atoms with Crippen molar-refractivity contribution in [1.29, 1.82) is 0 Å². The van der Waals surface area contributed by atoms with Gasteiger partial charge in [0, 0.05) is 12.8 Å². The van der Waals surface area contributed by atoms with E-state index in [0.717, 1.165) is 12.0 Å². The molecule has 3 nitrogen and oxygen atoms in total. The largest absolute Gasteiger partial charge is 0.493 e. The van der Waals surface area contributed by atoms with Crippen molar-refractivity contribution in [1.82, 2.24) is 0 Å². The molecule has 0 amide bonds. The van der Waals surface area contributed by atoms with Crippen LogP contribution in [0.15, 0.2) is 18.2 Å². The normalized spacial score (nSPS) is 14.4. The van der Waals surface area contributed by atoms with Crippen LogP contribution in [0.3, 0.4) is 0 Å². The van der Waals surface area contributed by atoms with E-state index in [1.807, 2.05) is 0 Å². The van der Waals surface area contributed by atoms with Gasteiger partial charge >= 0.3 is 11.9 Å². The molecule has 0 saturated heterocycles. The summed E-state index contributed by atoms with van der Waals surface area (Å²) in [5.74, 6) is -5.25. The zero-order chi connectivity index (χ0) is 11.8. The van der Waals surface area contributed by atoms with Crippen LogP contribution in [0.4, 0.5) is 8.78 Å². The van der Waals surface area contributed by atoms with Gasteiger partial charge in [-0.2, -0.15) is 8.78 Å². The number of rotatable bonds is 3. The molecule has 0 radical (unpaired) electrons. The van der Waals surface area contributed by atoms with Crippen molar-refractivity contribution in [2.24, 2.45) is 0 Å². The van der Waals surface area contributed by atoms with E-state index in [-0.39, 0.29) is 5.56 Å². The van der Waals surface area contributed by atoms with Crippen molar-refractivity contribution in [3.05, 3.63) is 29.3 Å². The van der Waals surface area contributed by atoms with Crippen molar-refractivity contribution in [3.63, 3.8) is 0 Å². The molecule has 0 aliphatic carbocycles. The molecule has 0 atom stereocenters. The summed E-state index contributed by atoms with van der Waals surface area (Å²) in [5, 5.41) is 8.31. The van der Waals surface area contributed by atoms with Gasteiger partial charge in [0.1, 0.15) is 5.75 Å². The van der Waals surface area contributed by atoms with Gasteiger partial charge in [-0.1, -0.05) is 12.1 Å². The third-order valence-electron chi connectivity index (χ3n) is 2.50. The molecule has 86 valence electrons. The summed E-state index contributed by atoms with van der Waals surface area (Å²) in [7, 11) is 0. The first kappa shape index (κ1) is 10.9. The predicted molar refractivity (Wildman–Crippen MR) is 51.9 cm³/mol. The lowest BCUT2D eigenvalue weighted by Crippen LogP contribution is -2.30. The number of halogens is 2. The van der Waals surface area contributed by atoms with E-state index < -0.39 is 18.3 Å². The Hall–Kier alpha value is -1.65. The van der Waals surface area contributed by atoms with Gasteiger partial charge in [-0.05, 0) is 17.2 Å². The van der Waals surface area contributed by atoms with Crippen LogP contribution in [-0.4, -0.2) is 23.6 Å². The van der Waals surface area contributed by atoms with Gasteiger partial charge in [0.05, 0.1) is 6.61 Å². The van der Waals surface area contributed by atoms with E-state index >= 15 is 0 Å². The van der Waals surface area contributed by atoms with Crippen LogP contribution in [0.25, 0.3) is 0 Å². The molecule has 0 aromatic heterocycles. The lowest BCUT2D eigenvalue weighted by atomic mass is 10.0. The lowest BCUT2D eigenvalue weighted by molar-refractivity contribution is -0.164. The minimum Gasteiger partial charge on any atom is -0.493 e. The minimum absolute atomic E-state index is 0.271. The van der Waals surface area contributed by atoms with Gasteiger partial charge in [0.25, 0.3) is 0 Å². The minimum atomic E-state index is -3.73. The fourth-order valence-electron chi connectivity index (χ4n) is 1.65. The average Bonchev–Trinajstić information content (AvgIpc) is 2.63. The van der Waals surface area contributed by atoms with E-state index in [4.69, 9.17) is 9.84 Å². The molecule has 1 aliphatic heterocycles. The summed E-state index contributed by atoms with van der Waals surface area (Å²) in [6.45, 7) is 0.550. The van der Waals surface area contributed by atoms with Crippen LogP contribution < -0.4 is 4.74 Å². The molecule has 1 aliphatic rings. The number of ether oxygens (including phenoxy) is 1. The Kier molecular flexibility index (Phi) is 2.53. The molecule has 0 spiro atoms. The summed E-state index contributed by atoms with van der Waals surface area (Å²) in [4.78, 5) is 10.3. The number of fused-ring (bicyclic) bond motifs is 1. The molecule has 1 N–H and O–H groups in total. The van der Waals surface area contributed by atoms with Crippen LogP contribution in [0.1, 0.15) is 11.1 Å². The van der Waals surface area contributed by atoms with Crippen LogP contribution in [0, 0.1) is 0 Å². The Morgan fingerprint density at radius 2 is 2.25 bits per heavy atom. The standard InChI is InChI=1S/C11H10F2O3/c12-11(13,10(14)15)6-7-1-2-8-3-4-16-9(8)5-7/h1-2,5H,3-4,6H2,(H,14,15). The molecular formula is C11H10F2O3. The number of carboxylic acid groups (broad SMARTS) is 1. The Bertz CT molecular complexity index is 429. The van der Waals surface area contributed by atoms with Crippen LogP contribution in [-0.2, 0) is 17.6 Å². The van der Waals surface area contributed by atoms with E-state index in [1.165, 1.54) is 12.1 Å². The third-order valence-corrected chi connectivity index (χ3v) is 2.50. The number of carboxylic acids is 1. The molecule has 0 fully saturated rings. The Morgan fingerprint density at radius 1 is 1.50 bits per heavy atom. The first-order valence-corrected chi connectivity index (χ1v) is 4.85. The number of alkyl halides is 2. The van der Waals surface area contributed by atoms with Crippen LogP contribution >= 0.6 is 0 Å². The number of hydrogen-bond donors (Lipinski definition) is 1. The molecular weight excluding hydrogens is 218 g/mol. The van der Waals surface area contributed by atoms with Crippen molar-refractivity contribution in [2.75, 3.05) is 6.61 Å². The van der Waals surface area contributed by atoms with Gasteiger partial charge in [0.2, 0.25) is 0 Å². The second-order valence-corrected chi connectivity index (χ2v) is 3.73. The van der Waals surface area contributed by atoms with Crippen molar-refractivity contribution in [3.8, 4) is 5.75 Å².